The molecule has 0 spiro atoms. The first kappa shape index (κ1) is 21.6. The Bertz CT molecular complexity index is 2380. The molecule has 0 aliphatic heterocycles. The molecule has 0 aliphatic rings. The SMILES string of the molecule is c1ccc2cc(-c3c4ccccc4c(-c4cccc5oc6c(ccc7ccoc76)c45)c4ccccc34)ccc2c1. The molecule has 0 unspecified atom stereocenters. The molecule has 0 fully saturated rings. The van der Waals surface area contributed by atoms with Crippen LogP contribution in [0.25, 0.3) is 87.5 Å². The molecule has 0 radical (unpaired) electrons. The summed E-state index contributed by atoms with van der Waals surface area (Å²) in [5.41, 5.74) is 7.34. The molecule has 2 nitrogen and oxygen atoms in total. The van der Waals surface area contributed by atoms with Gasteiger partial charge in [-0.15, -0.1) is 0 Å². The summed E-state index contributed by atoms with van der Waals surface area (Å²) in [6, 6.07) is 45.6. The van der Waals surface area contributed by atoms with Gasteiger partial charge in [0, 0.05) is 16.2 Å². The summed E-state index contributed by atoms with van der Waals surface area (Å²) in [7, 11) is 0. The Hall–Kier alpha value is -5.34. The van der Waals surface area contributed by atoms with E-state index in [1.807, 2.05) is 6.07 Å². The zero-order chi connectivity index (χ0) is 26.2. The van der Waals surface area contributed by atoms with Gasteiger partial charge in [0.1, 0.15) is 5.58 Å². The van der Waals surface area contributed by atoms with Gasteiger partial charge in [0.05, 0.1) is 6.26 Å². The average Bonchev–Trinajstić information content (AvgIpc) is 3.64. The molecule has 2 heteroatoms. The molecule has 0 amide bonds. The van der Waals surface area contributed by atoms with E-state index in [0.717, 1.165) is 32.9 Å². The van der Waals surface area contributed by atoms with Gasteiger partial charge in [0.2, 0.25) is 0 Å². The summed E-state index contributed by atoms with van der Waals surface area (Å²) in [5.74, 6) is 0. The number of benzene rings is 7. The quantitative estimate of drug-likeness (QED) is 0.216. The van der Waals surface area contributed by atoms with Crippen molar-refractivity contribution in [2.75, 3.05) is 0 Å². The van der Waals surface area contributed by atoms with Crippen molar-refractivity contribution in [2.24, 2.45) is 0 Å². The normalized spacial score (nSPS) is 12.0. The predicted molar refractivity (Wildman–Crippen MR) is 167 cm³/mol. The van der Waals surface area contributed by atoms with Crippen molar-refractivity contribution in [1.82, 2.24) is 0 Å². The fourth-order valence-electron chi connectivity index (χ4n) is 6.59. The maximum absolute atomic E-state index is 6.45. The van der Waals surface area contributed by atoms with E-state index >= 15 is 0 Å². The summed E-state index contributed by atoms with van der Waals surface area (Å²) >= 11 is 0. The van der Waals surface area contributed by atoms with Crippen LogP contribution in [0.2, 0.25) is 0 Å². The van der Waals surface area contributed by atoms with Crippen molar-refractivity contribution in [2.45, 2.75) is 0 Å². The third-order valence-electron chi connectivity index (χ3n) is 8.32. The fourth-order valence-corrected chi connectivity index (χ4v) is 6.59. The van der Waals surface area contributed by atoms with Gasteiger partial charge in [-0.1, -0.05) is 103 Å². The molecule has 0 aliphatic carbocycles. The Labute approximate surface area is 229 Å². The predicted octanol–water partition coefficient (Wildman–Crippen LogP) is 11.1. The van der Waals surface area contributed by atoms with Gasteiger partial charge in [0.15, 0.2) is 11.2 Å². The molecule has 2 heterocycles. The zero-order valence-corrected chi connectivity index (χ0v) is 21.5. The lowest BCUT2D eigenvalue weighted by Gasteiger charge is -2.18. The van der Waals surface area contributed by atoms with Crippen molar-refractivity contribution >= 4 is 65.2 Å². The standard InChI is InChI=1S/C38H22O2/c1-2-9-25-22-26(17-16-23(25)8-1)34-27-10-3-5-12-29(27)35(30-13-6-4-11-28(30)34)31-14-7-15-33-36(31)32-19-18-24-20-21-39-37(24)38(32)40-33/h1-22H. The van der Waals surface area contributed by atoms with E-state index in [9.17, 15) is 0 Å². The smallest absolute Gasteiger partial charge is 0.178 e. The van der Waals surface area contributed by atoms with Gasteiger partial charge in [-0.2, -0.15) is 0 Å². The maximum atomic E-state index is 6.45. The van der Waals surface area contributed by atoms with Crippen LogP contribution >= 0.6 is 0 Å². The molecular formula is C38H22O2. The molecule has 9 rings (SSSR count). The van der Waals surface area contributed by atoms with Crippen LogP contribution in [0.4, 0.5) is 0 Å². The van der Waals surface area contributed by atoms with Crippen molar-refractivity contribution in [3.63, 3.8) is 0 Å². The van der Waals surface area contributed by atoms with E-state index < -0.39 is 0 Å². The largest absolute Gasteiger partial charge is 0.460 e. The first-order chi connectivity index (χ1) is 19.8. The Morgan fingerprint density at radius 3 is 1.88 bits per heavy atom. The van der Waals surface area contributed by atoms with E-state index in [0.29, 0.717) is 0 Å². The second kappa shape index (κ2) is 8.08. The lowest BCUT2D eigenvalue weighted by molar-refractivity contribution is 0.600. The summed E-state index contributed by atoms with van der Waals surface area (Å²) in [5, 5.41) is 10.7. The third kappa shape index (κ3) is 2.93. The lowest BCUT2D eigenvalue weighted by atomic mass is 9.84. The Kier molecular flexibility index (Phi) is 4.36. The van der Waals surface area contributed by atoms with E-state index in [1.165, 1.54) is 54.6 Å². The van der Waals surface area contributed by atoms with Gasteiger partial charge >= 0.3 is 0 Å². The minimum atomic E-state index is 0.793. The molecule has 0 saturated heterocycles. The van der Waals surface area contributed by atoms with Crippen molar-refractivity contribution in [1.29, 1.82) is 0 Å². The number of fused-ring (bicyclic) bond motifs is 8. The van der Waals surface area contributed by atoms with Crippen LogP contribution in [0.3, 0.4) is 0 Å². The summed E-state index contributed by atoms with van der Waals surface area (Å²) in [6.07, 6.45) is 1.73. The van der Waals surface area contributed by atoms with Crippen LogP contribution < -0.4 is 0 Å². The Morgan fingerprint density at radius 1 is 0.425 bits per heavy atom. The van der Waals surface area contributed by atoms with Gasteiger partial charge < -0.3 is 8.83 Å². The highest BCUT2D eigenvalue weighted by Gasteiger charge is 2.21. The van der Waals surface area contributed by atoms with Crippen LogP contribution in [0.15, 0.2) is 142 Å². The summed E-state index contributed by atoms with van der Waals surface area (Å²) in [4.78, 5) is 0. The van der Waals surface area contributed by atoms with E-state index in [2.05, 4.69) is 121 Å². The first-order valence-corrected chi connectivity index (χ1v) is 13.6. The molecule has 0 N–H and O–H groups in total. The van der Waals surface area contributed by atoms with E-state index in [4.69, 9.17) is 8.83 Å². The maximum Gasteiger partial charge on any atom is 0.178 e. The van der Waals surface area contributed by atoms with E-state index in [1.54, 1.807) is 6.26 Å². The van der Waals surface area contributed by atoms with Crippen LogP contribution in [0.1, 0.15) is 0 Å². The van der Waals surface area contributed by atoms with Crippen LogP contribution in [-0.4, -0.2) is 0 Å². The van der Waals surface area contributed by atoms with Crippen molar-refractivity contribution < 1.29 is 8.83 Å². The second-order valence-corrected chi connectivity index (χ2v) is 10.5. The van der Waals surface area contributed by atoms with Gasteiger partial charge in [0.25, 0.3) is 0 Å². The molecule has 2 aromatic heterocycles. The summed E-state index contributed by atoms with van der Waals surface area (Å²) in [6.45, 7) is 0. The number of hydrogen-bond acceptors (Lipinski definition) is 2. The zero-order valence-electron chi connectivity index (χ0n) is 21.5. The highest BCUT2D eigenvalue weighted by atomic mass is 16.4. The van der Waals surface area contributed by atoms with E-state index in [-0.39, 0.29) is 0 Å². The average molecular weight is 511 g/mol. The number of rotatable bonds is 2. The third-order valence-corrected chi connectivity index (χ3v) is 8.32. The molecule has 7 aromatic carbocycles. The molecule has 186 valence electrons. The van der Waals surface area contributed by atoms with Crippen LogP contribution in [0, 0.1) is 0 Å². The van der Waals surface area contributed by atoms with Gasteiger partial charge in [-0.05, 0) is 78.8 Å². The van der Waals surface area contributed by atoms with Gasteiger partial charge in [-0.25, -0.2) is 0 Å². The number of furan rings is 2. The molecule has 0 saturated carbocycles. The minimum absolute atomic E-state index is 0.793. The molecular weight excluding hydrogens is 488 g/mol. The topological polar surface area (TPSA) is 26.3 Å². The highest BCUT2D eigenvalue weighted by molar-refractivity contribution is 6.26. The lowest BCUT2D eigenvalue weighted by Crippen LogP contribution is -1.91. The minimum Gasteiger partial charge on any atom is -0.460 e. The first-order valence-electron chi connectivity index (χ1n) is 13.6. The Morgan fingerprint density at radius 2 is 1.10 bits per heavy atom. The van der Waals surface area contributed by atoms with Crippen LogP contribution in [-0.2, 0) is 0 Å². The Balaban J connectivity index is 1.44. The van der Waals surface area contributed by atoms with Crippen molar-refractivity contribution in [3.8, 4) is 22.3 Å². The second-order valence-electron chi connectivity index (χ2n) is 10.5. The summed E-state index contributed by atoms with van der Waals surface area (Å²) < 4.78 is 12.3. The van der Waals surface area contributed by atoms with Crippen LogP contribution in [0.5, 0.6) is 0 Å². The number of hydrogen-bond donors (Lipinski definition) is 0. The molecule has 9 aromatic rings. The molecule has 0 atom stereocenters. The monoisotopic (exact) mass is 510 g/mol. The van der Waals surface area contributed by atoms with Crippen molar-refractivity contribution in [3.05, 3.63) is 134 Å². The highest BCUT2D eigenvalue weighted by Crippen LogP contribution is 2.47. The van der Waals surface area contributed by atoms with Gasteiger partial charge in [-0.3, -0.25) is 0 Å². The molecule has 40 heavy (non-hydrogen) atoms. The fraction of sp³-hybridized carbons (Fsp3) is 0. The molecule has 0 bridgehead atoms.